The Hall–Kier alpha value is -3.59. The smallest absolute Gasteiger partial charge is 0.434 e. The first-order chi connectivity index (χ1) is 15.5. The van der Waals surface area contributed by atoms with Crippen LogP contribution in [0.1, 0.15) is 42.6 Å². The normalized spacial score (nSPS) is 17.1. The van der Waals surface area contributed by atoms with Crippen molar-refractivity contribution in [2.75, 3.05) is 18.5 Å². The van der Waals surface area contributed by atoms with Crippen LogP contribution in [0, 0.1) is 0 Å². The van der Waals surface area contributed by atoms with E-state index in [4.69, 9.17) is 19.1 Å². The fraction of sp³-hybridized carbons (Fsp3) is 0.348. The Labute approximate surface area is 186 Å². The van der Waals surface area contributed by atoms with Gasteiger partial charge in [0.15, 0.2) is 0 Å². The summed E-state index contributed by atoms with van der Waals surface area (Å²) in [5.41, 5.74) is 5.03. The van der Waals surface area contributed by atoms with Crippen LogP contribution in [0.3, 0.4) is 0 Å². The molecule has 0 radical (unpaired) electrons. The van der Waals surface area contributed by atoms with Gasteiger partial charge in [-0.3, -0.25) is 9.63 Å². The number of rotatable bonds is 10. The molecule has 1 aliphatic heterocycles. The molecule has 1 amide bonds. The molecule has 0 saturated heterocycles. The quantitative estimate of drug-likeness (QED) is 0.424. The number of nitrogens with one attached hydrogen (secondary N) is 2. The van der Waals surface area contributed by atoms with Gasteiger partial charge in [-0.25, -0.2) is 10.3 Å². The topological polar surface area (TPSA) is 107 Å². The Balaban J connectivity index is 1.63. The summed E-state index contributed by atoms with van der Waals surface area (Å²) in [5.74, 6) is -1.77. The number of carbonyl (C=O) groups is 2. The van der Waals surface area contributed by atoms with Gasteiger partial charge < -0.3 is 19.6 Å². The minimum absolute atomic E-state index is 0.0635. The maximum atomic E-state index is 12.7. The zero-order valence-electron chi connectivity index (χ0n) is 18.1. The van der Waals surface area contributed by atoms with Crippen LogP contribution in [0.15, 0.2) is 59.8 Å². The second-order valence-corrected chi connectivity index (χ2v) is 7.08. The molecule has 3 rings (SSSR count). The van der Waals surface area contributed by atoms with Gasteiger partial charge in [-0.2, -0.15) is 0 Å². The maximum absolute atomic E-state index is 12.7. The van der Waals surface area contributed by atoms with Crippen molar-refractivity contribution in [1.29, 1.82) is 0 Å². The number of carbonyl (C=O) groups excluding carboxylic acids is 2. The van der Waals surface area contributed by atoms with Crippen molar-refractivity contribution in [3.63, 3.8) is 0 Å². The Morgan fingerprint density at radius 3 is 2.56 bits per heavy atom. The second kappa shape index (κ2) is 11.1. The summed E-state index contributed by atoms with van der Waals surface area (Å²) in [6.07, 6.45) is 0.109. The molecule has 1 aliphatic rings. The average molecular weight is 441 g/mol. The number of benzene rings is 2. The lowest BCUT2D eigenvalue weighted by Gasteiger charge is -2.27. The Kier molecular flexibility index (Phi) is 8.04. The summed E-state index contributed by atoms with van der Waals surface area (Å²) in [6.45, 7) is 4.10. The molecular formula is C23H27N3O6. The molecule has 32 heavy (non-hydrogen) atoms. The molecule has 170 valence electrons. The van der Waals surface area contributed by atoms with Crippen LogP contribution in [0.5, 0.6) is 0 Å². The molecule has 0 aromatic heterocycles. The predicted molar refractivity (Wildman–Crippen MR) is 118 cm³/mol. The molecule has 0 fully saturated rings. The van der Waals surface area contributed by atoms with Crippen molar-refractivity contribution in [2.45, 2.75) is 39.1 Å². The van der Waals surface area contributed by atoms with Gasteiger partial charge in [0, 0.05) is 5.69 Å². The fourth-order valence-corrected chi connectivity index (χ4v) is 3.08. The van der Waals surface area contributed by atoms with Gasteiger partial charge >= 0.3 is 11.9 Å². The number of ether oxygens (including phenoxy) is 2. The number of anilines is 1. The highest BCUT2D eigenvalue weighted by molar-refractivity contribution is 5.99. The first kappa shape index (κ1) is 23.1. The van der Waals surface area contributed by atoms with Crippen LogP contribution in [0.2, 0.25) is 0 Å². The minimum atomic E-state index is -1.36. The third-order valence-corrected chi connectivity index (χ3v) is 4.72. The molecular weight excluding hydrogens is 414 g/mol. The van der Waals surface area contributed by atoms with Gasteiger partial charge in [0.1, 0.15) is 0 Å². The highest BCUT2D eigenvalue weighted by atomic mass is 16.8. The summed E-state index contributed by atoms with van der Waals surface area (Å²) in [5, 5.41) is 7.13. The Bertz CT molecular complexity index is 950. The largest absolute Gasteiger partial charge is 0.511 e. The molecule has 1 unspecified atom stereocenters. The highest BCUT2D eigenvalue weighted by Crippen LogP contribution is 2.28. The molecule has 9 nitrogen and oxygen atoms in total. The van der Waals surface area contributed by atoms with Gasteiger partial charge in [0.2, 0.25) is 0 Å². The third-order valence-electron chi connectivity index (χ3n) is 4.72. The van der Waals surface area contributed by atoms with Crippen LogP contribution in [0.4, 0.5) is 10.5 Å². The summed E-state index contributed by atoms with van der Waals surface area (Å²) >= 11 is 0. The Morgan fingerprint density at radius 1 is 1.09 bits per heavy atom. The standard InChI is InChI=1S/C23H27N3O6/c1-3-18-14-23(32-25-18,31-22(28)29-4-2)16-24-20-13-9-8-12-19(20)21(27)26-30-15-17-10-6-5-7-11-17/h5-13,24H,3-4,14-16H2,1-2H3,(H,26,27). The van der Waals surface area contributed by atoms with Gasteiger partial charge in [0.05, 0.1) is 37.5 Å². The number of hydrogen-bond donors (Lipinski definition) is 2. The highest BCUT2D eigenvalue weighted by Gasteiger charge is 2.43. The number of hydrogen-bond acceptors (Lipinski definition) is 8. The molecule has 1 heterocycles. The summed E-state index contributed by atoms with van der Waals surface area (Å²) in [6, 6.07) is 16.4. The minimum Gasteiger partial charge on any atom is -0.434 e. The lowest BCUT2D eigenvalue weighted by Crippen LogP contribution is -2.42. The molecule has 0 saturated carbocycles. The number of amides is 1. The van der Waals surface area contributed by atoms with Crippen molar-refractivity contribution >= 4 is 23.5 Å². The van der Waals surface area contributed by atoms with E-state index in [0.717, 1.165) is 11.3 Å². The molecule has 9 heteroatoms. The third kappa shape index (κ3) is 6.21. The first-order valence-corrected chi connectivity index (χ1v) is 10.4. The van der Waals surface area contributed by atoms with Crippen LogP contribution < -0.4 is 10.8 Å². The predicted octanol–water partition coefficient (Wildman–Crippen LogP) is 4.02. The van der Waals surface area contributed by atoms with Crippen LogP contribution >= 0.6 is 0 Å². The van der Waals surface area contributed by atoms with E-state index < -0.39 is 17.8 Å². The lowest BCUT2D eigenvalue weighted by molar-refractivity contribution is -0.187. The van der Waals surface area contributed by atoms with Gasteiger partial charge in [-0.05, 0) is 31.0 Å². The molecule has 0 aliphatic carbocycles. The number of nitrogens with zero attached hydrogens (tertiary/aromatic N) is 1. The van der Waals surface area contributed by atoms with E-state index in [1.807, 2.05) is 37.3 Å². The first-order valence-electron chi connectivity index (χ1n) is 10.4. The average Bonchev–Trinajstić information content (AvgIpc) is 3.22. The zero-order valence-corrected chi connectivity index (χ0v) is 18.1. The van der Waals surface area contributed by atoms with Crippen molar-refractivity contribution in [1.82, 2.24) is 5.48 Å². The van der Waals surface area contributed by atoms with Gasteiger partial charge in [-0.1, -0.05) is 54.5 Å². The zero-order chi connectivity index (χ0) is 22.8. The molecule has 0 bridgehead atoms. The molecule has 2 aromatic rings. The van der Waals surface area contributed by atoms with Crippen molar-refractivity contribution in [3.8, 4) is 0 Å². The van der Waals surface area contributed by atoms with E-state index >= 15 is 0 Å². The van der Waals surface area contributed by atoms with Crippen LogP contribution in [-0.4, -0.2) is 36.7 Å². The Morgan fingerprint density at radius 2 is 1.84 bits per heavy atom. The molecule has 1 atom stereocenters. The van der Waals surface area contributed by atoms with E-state index in [1.165, 1.54) is 0 Å². The van der Waals surface area contributed by atoms with Gasteiger partial charge in [0.25, 0.3) is 5.91 Å². The molecule has 2 N–H and O–H groups in total. The van der Waals surface area contributed by atoms with E-state index in [2.05, 4.69) is 16.0 Å². The monoisotopic (exact) mass is 441 g/mol. The van der Waals surface area contributed by atoms with Crippen LogP contribution in [0.25, 0.3) is 0 Å². The fourth-order valence-electron chi connectivity index (χ4n) is 3.08. The summed E-state index contributed by atoms with van der Waals surface area (Å²) < 4.78 is 10.3. The van der Waals surface area contributed by atoms with E-state index in [0.29, 0.717) is 24.1 Å². The van der Waals surface area contributed by atoms with Crippen LogP contribution in [-0.2, 0) is 25.8 Å². The lowest BCUT2D eigenvalue weighted by atomic mass is 10.1. The maximum Gasteiger partial charge on any atom is 0.511 e. The van der Waals surface area contributed by atoms with E-state index in [-0.39, 0.29) is 19.8 Å². The van der Waals surface area contributed by atoms with Gasteiger partial charge in [-0.15, -0.1) is 0 Å². The van der Waals surface area contributed by atoms with Crippen molar-refractivity contribution < 1.29 is 28.7 Å². The number of oxime groups is 1. The molecule has 2 aromatic carbocycles. The number of para-hydroxylation sites is 1. The van der Waals surface area contributed by atoms with Crippen molar-refractivity contribution in [3.05, 3.63) is 65.7 Å². The summed E-state index contributed by atoms with van der Waals surface area (Å²) in [7, 11) is 0. The van der Waals surface area contributed by atoms with E-state index in [1.54, 1.807) is 31.2 Å². The molecule has 0 spiro atoms. The van der Waals surface area contributed by atoms with Crippen molar-refractivity contribution in [2.24, 2.45) is 5.16 Å². The second-order valence-electron chi connectivity index (χ2n) is 7.08. The SMILES string of the molecule is CCOC(=O)OC1(CNc2ccccc2C(=O)NOCc2ccccc2)CC(CC)=NO1. The van der Waals surface area contributed by atoms with E-state index in [9.17, 15) is 9.59 Å². The summed E-state index contributed by atoms with van der Waals surface area (Å²) in [4.78, 5) is 35.4. The number of hydroxylamine groups is 1.